The number of aromatic hydroxyl groups is 1. The third kappa shape index (κ3) is 4.44. The predicted molar refractivity (Wildman–Crippen MR) is 127 cm³/mol. The number of phenolic OH excluding ortho intramolecular Hbond substituents is 1. The lowest BCUT2D eigenvalue weighted by atomic mass is 9.89. The van der Waals surface area contributed by atoms with Gasteiger partial charge in [0.2, 0.25) is 5.91 Å². The number of nitrogens with zero attached hydrogens (tertiary/aromatic N) is 2. The molecule has 2 atom stereocenters. The fourth-order valence-electron chi connectivity index (χ4n) is 4.38. The van der Waals surface area contributed by atoms with Crippen LogP contribution in [0.2, 0.25) is 5.02 Å². The molecule has 1 N–H and O–H groups in total. The van der Waals surface area contributed by atoms with Crippen molar-refractivity contribution in [2.45, 2.75) is 38.8 Å². The van der Waals surface area contributed by atoms with Crippen LogP contribution in [-0.2, 0) is 4.79 Å². The Kier molecular flexibility index (Phi) is 6.38. The van der Waals surface area contributed by atoms with Crippen LogP contribution in [0.1, 0.15) is 48.7 Å². The average Bonchev–Trinajstić information content (AvgIpc) is 2.80. The molecule has 170 valence electrons. The number of fused-ring (bicyclic) bond motifs is 1. The number of amides is 2. The first kappa shape index (κ1) is 22.8. The Balaban J connectivity index is 1.82. The molecule has 0 bridgehead atoms. The normalized spacial score (nSPS) is 17.4. The Morgan fingerprint density at radius 1 is 1.09 bits per heavy atom. The average molecular weight is 467 g/mol. The molecule has 5 nitrogen and oxygen atoms in total. The van der Waals surface area contributed by atoms with Crippen molar-refractivity contribution in [3.8, 4) is 5.75 Å². The number of rotatable bonds is 4. The van der Waals surface area contributed by atoms with Crippen LogP contribution in [0.4, 0.5) is 15.8 Å². The van der Waals surface area contributed by atoms with E-state index >= 15 is 0 Å². The smallest absolute Gasteiger partial charge is 0.258 e. The molecule has 0 radical (unpaired) electrons. The number of halogens is 2. The van der Waals surface area contributed by atoms with E-state index in [1.165, 1.54) is 30.3 Å². The second kappa shape index (κ2) is 9.24. The topological polar surface area (TPSA) is 60.9 Å². The fraction of sp³-hybridized carbons (Fsp3) is 0.231. The van der Waals surface area contributed by atoms with E-state index in [4.69, 9.17) is 11.6 Å². The van der Waals surface area contributed by atoms with Crippen LogP contribution in [-0.4, -0.2) is 23.0 Å². The minimum absolute atomic E-state index is 0.0440. The summed E-state index contributed by atoms with van der Waals surface area (Å²) in [5, 5.41) is 10.8. The largest absolute Gasteiger partial charge is 0.508 e. The van der Waals surface area contributed by atoms with Gasteiger partial charge >= 0.3 is 0 Å². The summed E-state index contributed by atoms with van der Waals surface area (Å²) < 4.78 is 13.4. The van der Waals surface area contributed by atoms with Gasteiger partial charge in [0.1, 0.15) is 11.6 Å². The molecule has 33 heavy (non-hydrogen) atoms. The van der Waals surface area contributed by atoms with Gasteiger partial charge in [-0.15, -0.1) is 0 Å². The van der Waals surface area contributed by atoms with Crippen molar-refractivity contribution in [1.82, 2.24) is 0 Å². The lowest BCUT2D eigenvalue weighted by Gasteiger charge is -2.43. The second-order valence-electron chi connectivity index (χ2n) is 8.12. The highest BCUT2D eigenvalue weighted by molar-refractivity contribution is 6.30. The van der Waals surface area contributed by atoms with Crippen LogP contribution < -0.4 is 9.80 Å². The lowest BCUT2D eigenvalue weighted by Crippen LogP contribution is -2.47. The summed E-state index contributed by atoms with van der Waals surface area (Å²) in [6.45, 7) is 3.71. The highest BCUT2D eigenvalue weighted by Crippen LogP contribution is 2.44. The number of carbonyl (C=O) groups is 2. The second-order valence-corrected chi connectivity index (χ2v) is 8.56. The maximum atomic E-state index is 13.4. The Morgan fingerprint density at radius 3 is 2.39 bits per heavy atom. The summed E-state index contributed by atoms with van der Waals surface area (Å²) in [4.78, 5) is 29.8. The summed E-state index contributed by atoms with van der Waals surface area (Å²) in [6.07, 6.45) is 0.748. The van der Waals surface area contributed by atoms with Gasteiger partial charge in [0.25, 0.3) is 5.91 Å². The Hall–Kier alpha value is -3.38. The molecule has 1 aliphatic rings. The van der Waals surface area contributed by atoms with Gasteiger partial charge in [-0.1, -0.05) is 18.5 Å². The minimum Gasteiger partial charge on any atom is -0.508 e. The van der Waals surface area contributed by atoms with E-state index in [1.54, 1.807) is 53.1 Å². The van der Waals surface area contributed by atoms with Crippen molar-refractivity contribution in [1.29, 1.82) is 0 Å². The maximum Gasteiger partial charge on any atom is 0.258 e. The van der Waals surface area contributed by atoms with Crippen LogP contribution in [0.5, 0.6) is 5.75 Å². The van der Waals surface area contributed by atoms with Gasteiger partial charge in [-0.3, -0.25) is 9.59 Å². The van der Waals surface area contributed by atoms with Crippen LogP contribution in [0.3, 0.4) is 0 Å². The summed E-state index contributed by atoms with van der Waals surface area (Å²) in [5.41, 5.74) is 2.32. The van der Waals surface area contributed by atoms with Crippen LogP contribution in [0.25, 0.3) is 0 Å². The molecule has 0 aliphatic carbocycles. The number of carbonyl (C=O) groups excluding carboxylic acids is 2. The molecule has 0 spiro atoms. The first-order valence-electron chi connectivity index (χ1n) is 10.8. The van der Waals surface area contributed by atoms with Crippen molar-refractivity contribution in [2.24, 2.45) is 0 Å². The zero-order chi connectivity index (χ0) is 23.7. The highest BCUT2D eigenvalue weighted by Gasteiger charge is 2.38. The molecule has 1 heterocycles. The summed E-state index contributed by atoms with van der Waals surface area (Å²) in [7, 11) is 0. The van der Waals surface area contributed by atoms with Crippen molar-refractivity contribution >= 4 is 34.8 Å². The lowest BCUT2D eigenvalue weighted by molar-refractivity contribution is -0.118. The van der Waals surface area contributed by atoms with E-state index < -0.39 is 11.9 Å². The molecular formula is C26H24ClFN2O3. The molecule has 4 rings (SSSR count). The zero-order valence-corrected chi connectivity index (χ0v) is 19.1. The van der Waals surface area contributed by atoms with E-state index in [0.29, 0.717) is 40.4 Å². The van der Waals surface area contributed by atoms with E-state index in [9.17, 15) is 19.1 Å². The molecule has 0 unspecified atom stereocenters. The van der Waals surface area contributed by atoms with Crippen LogP contribution in [0.15, 0.2) is 66.7 Å². The van der Waals surface area contributed by atoms with E-state index in [-0.39, 0.29) is 23.6 Å². The maximum absolute atomic E-state index is 13.4. The first-order valence-corrected chi connectivity index (χ1v) is 11.2. The van der Waals surface area contributed by atoms with E-state index in [0.717, 1.165) is 0 Å². The van der Waals surface area contributed by atoms with Gasteiger partial charge in [0.05, 0.1) is 6.04 Å². The zero-order valence-electron chi connectivity index (χ0n) is 18.3. The summed E-state index contributed by atoms with van der Waals surface area (Å²) in [5.74, 6) is -0.724. The van der Waals surface area contributed by atoms with Gasteiger partial charge in [0.15, 0.2) is 0 Å². The highest BCUT2D eigenvalue weighted by atomic mass is 35.5. The van der Waals surface area contributed by atoms with Crippen LogP contribution in [0, 0.1) is 5.82 Å². The van der Waals surface area contributed by atoms with Gasteiger partial charge in [0, 0.05) is 40.0 Å². The van der Waals surface area contributed by atoms with E-state index in [1.807, 2.05) is 6.92 Å². The molecule has 0 saturated carbocycles. The number of hydrogen-bond acceptors (Lipinski definition) is 3. The summed E-state index contributed by atoms with van der Waals surface area (Å²) >= 11 is 6.06. The quantitative estimate of drug-likeness (QED) is 0.504. The fourth-order valence-corrected chi connectivity index (χ4v) is 4.50. The number of phenols is 1. The monoisotopic (exact) mass is 466 g/mol. The predicted octanol–water partition coefficient (Wildman–Crippen LogP) is 6.11. The molecule has 0 fully saturated rings. The van der Waals surface area contributed by atoms with Gasteiger partial charge in [-0.05, 0) is 80.1 Å². The number of anilines is 2. The molecule has 1 aliphatic heterocycles. The van der Waals surface area contributed by atoms with Crippen molar-refractivity contribution < 1.29 is 19.1 Å². The standard InChI is InChI=1S/C26H24ClFN2O3/c1-3-25(32)30(20-10-6-18(27)7-11-20)24-14-16(2)29(23-13-12-21(31)15-22(23)24)26(33)17-4-8-19(28)9-5-17/h4-13,15-16,24,31H,3,14H2,1-2H3/t16-,24+/m1/s1. The molecule has 3 aromatic carbocycles. The van der Waals surface area contributed by atoms with Crippen molar-refractivity contribution in [3.05, 3.63) is 88.7 Å². The molecular weight excluding hydrogens is 443 g/mol. The third-order valence-electron chi connectivity index (χ3n) is 5.93. The third-order valence-corrected chi connectivity index (χ3v) is 6.18. The van der Waals surface area contributed by atoms with Gasteiger partial charge in [-0.25, -0.2) is 4.39 Å². The molecule has 2 amide bonds. The molecule has 0 saturated heterocycles. The van der Waals surface area contributed by atoms with Gasteiger partial charge in [-0.2, -0.15) is 0 Å². The van der Waals surface area contributed by atoms with Gasteiger partial charge < -0.3 is 14.9 Å². The number of benzene rings is 3. The number of hydrogen-bond donors (Lipinski definition) is 1. The molecule has 0 aromatic heterocycles. The van der Waals surface area contributed by atoms with Crippen molar-refractivity contribution in [3.63, 3.8) is 0 Å². The Morgan fingerprint density at radius 2 is 1.76 bits per heavy atom. The van der Waals surface area contributed by atoms with E-state index in [2.05, 4.69) is 0 Å². The SMILES string of the molecule is CCC(=O)N(c1ccc(Cl)cc1)[C@H]1C[C@@H](C)N(C(=O)c2ccc(F)cc2)c2ccc(O)cc21. The Bertz CT molecular complexity index is 1180. The molecule has 7 heteroatoms. The Labute approximate surface area is 197 Å². The summed E-state index contributed by atoms with van der Waals surface area (Å²) in [6, 6.07) is 16.6. The van der Waals surface area contributed by atoms with Crippen LogP contribution >= 0.6 is 11.6 Å². The minimum atomic E-state index is -0.416. The first-order chi connectivity index (χ1) is 15.8. The van der Waals surface area contributed by atoms with Crippen molar-refractivity contribution in [2.75, 3.05) is 9.80 Å². The molecule has 3 aromatic rings.